The predicted molar refractivity (Wildman–Crippen MR) is 340 cm³/mol. The Morgan fingerprint density at radius 1 is 0.489 bits per heavy atom. The molecule has 1 aromatic carbocycles. The molecule has 0 heterocycles. The van der Waals surface area contributed by atoms with Crippen LogP contribution in [0.2, 0.25) is 0 Å². The quantitative estimate of drug-likeness (QED) is 0.0164. The van der Waals surface area contributed by atoms with Crippen LogP contribution in [0.3, 0.4) is 0 Å². The zero-order valence-electron chi connectivity index (χ0n) is 53.5. The molecule has 0 aliphatic heterocycles. The zero-order chi connectivity index (χ0) is 70.9. The Hall–Kier alpha value is -8.88. The molecule has 2 rings (SSSR count). The molecule has 1 aliphatic carbocycles. The van der Waals surface area contributed by atoms with Crippen molar-refractivity contribution in [1.82, 2.24) is 58.5 Å². The van der Waals surface area contributed by atoms with Crippen LogP contribution in [0.4, 0.5) is 0 Å². The van der Waals surface area contributed by atoms with Crippen molar-refractivity contribution in [2.45, 2.75) is 202 Å². The van der Waals surface area contributed by atoms with E-state index in [1.54, 1.807) is 0 Å². The molecule has 1 saturated carbocycles. The fourth-order valence-electron chi connectivity index (χ4n) is 9.23. The monoisotopic (exact) mass is 1330 g/mol. The molecule has 16 atom stereocenters. The first-order valence-electron chi connectivity index (χ1n) is 30.8. The second kappa shape index (κ2) is 41.7. The lowest BCUT2D eigenvalue weighted by Gasteiger charge is -2.29. The molecular weight excluding hydrogens is 1240 g/mol. The number of hydrogen-bond donors (Lipinski definition) is 23. The van der Waals surface area contributed by atoms with Gasteiger partial charge >= 0.3 is 5.97 Å². The molecule has 0 saturated heterocycles. The number of carbonyl (C=O) groups excluding carboxylic acids is 11. The molecule has 37 nitrogen and oxygen atoms in total. The highest BCUT2D eigenvalue weighted by Crippen LogP contribution is 2.40. The fourth-order valence-corrected chi connectivity index (χ4v) is 9.23. The molecule has 0 radical (unpaired) electrons. The number of aliphatic hydroxyl groups excluding tert-OH is 4. The second-order valence-corrected chi connectivity index (χ2v) is 22.9. The SMILES string of the molecule is C[C@H](N)C(=O)N[C@@H](CCCN=C(N)N)C(=O)N[C@H](C(=O)N[C@@H](CCN[C@H]1C[C@@H]1c1ccccc1)C(=O)N[C@@H](CCC(N)=O)C(=O)N[C@H](C(=O)N[C@@H](C)C(=O)N[C@@H](CCCN=C(N)N)C(=O)N[C@@H](CCCCN)C(=O)N[C@@H](CO)C(=O)N[C@H](C(=O)O)[C@@H](C)O)[C@@H](C)O)[C@@H](C)O. The average Bonchev–Trinajstić information content (AvgIpc) is 1.64. The smallest absolute Gasteiger partial charge is 0.328 e. The number of carbonyl (C=O) groups is 12. The molecule has 1 aromatic rings. The Bertz CT molecular complexity index is 2750. The summed E-state index contributed by atoms with van der Waals surface area (Å²) in [4.78, 5) is 169. The van der Waals surface area contributed by atoms with E-state index in [2.05, 4.69) is 63.2 Å². The summed E-state index contributed by atoms with van der Waals surface area (Å²) in [7, 11) is 0. The van der Waals surface area contributed by atoms with Gasteiger partial charge in [-0.15, -0.1) is 0 Å². The van der Waals surface area contributed by atoms with E-state index < -0.39 is 175 Å². The number of amides is 11. The van der Waals surface area contributed by atoms with Crippen molar-refractivity contribution < 1.29 is 83.1 Å². The van der Waals surface area contributed by atoms with Gasteiger partial charge in [0, 0.05) is 31.5 Å². The first kappa shape index (κ1) is 81.2. The van der Waals surface area contributed by atoms with Gasteiger partial charge in [0.15, 0.2) is 18.0 Å². The van der Waals surface area contributed by atoms with Gasteiger partial charge in [-0.3, -0.25) is 62.7 Å². The van der Waals surface area contributed by atoms with Crippen LogP contribution in [0.25, 0.3) is 0 Å². The highest BCUT2D eigenvalue weighted by molar-refractivity contribution is 5.99. The number of carboxylic acid groups (broad SMARTS) is 1. The van der Waals surface area contributed by atoms with Crippen molar-refractivity contribution in [1.29, 1.82) is 0 Å². The number of unbranched alkanes of at least 4 members (excludes halogenated alkanes) is 1. The van der Waals surface area contributed by atoms with Gasteiger partial charge in [-0.1, -0.05) is 30.3 Å². The number of nitrogens with two attached hydrogens (primary N) is 7. The van der Waals surface area contributed by atoms with E-state index in [0.29, 0.717) is 6.42 Å². The number of nitrogens with one attached hydrogen (secondary N) is 11. The van der Waals surface area contributed by atoms with E-state index in [0.717, 1.165) is 25.8 Å². The molecule has 94 heavy (non-hydrogen) atoms. The van der Waals surface area contributed by atoms with E-state index in [1.165, 1.54) is 20.8 Å². The molecule has 1 fully saturated rings. The lowest BCUT2D eigenvalue weighted by Crippen LogP contribution is -2.62. The molecule has 37 heteroatoms. The van der Waals surface area contributed by atoms with Gasteiger partial charge in [-0.05, 0) is 117 Å². The minimum Gasteiger partial charge on any atom is -0.480 e. The number of benzene rings is 1. The van der Waals surface area contributed by atoms with Crippen LogP contribution in [0.1, 0.15) is 117 Å². The number of nitrogens with zero attached hydrogens (tertiary/aromatic N) is 2. The average molecular weight is 1340 g/mol. The zero-order valence-corrected chi connectivity index (χ0v) is 53.5. The van der Waals surface area contributed by atoms with Gasteiger partial charge < -0.3 is 124 Å². The van der Waals surface area contributed by atoms with E-state index in [-0.39, 0.29) is 95.0 Å². The second-order valence-electron chi connectivity index (χ2n) is 22.9. The summed E-state index contributed by atoms with van der Waals surface area (Å²) in [6.07, 6.45) is -5.04. The Balaban J connectivity index is 2.45. The van der Waals surface area contributed by atoms with Crippen molar-refractivity contribution in [2.24, 2.45) is 50.1 Å². The summed E-state index contributed by atoms with van der Waals surface area (Å²) in [6, 6.07) is -8.00. The topological polar surface area (TPSA) is 645 Å². The minimum absolute atomic E-state index is 0.0356. The van der Waals surface area contributed by atoms with Crippen LogP contribution < -0.4 is 98.6 Å². The molecule has 1 aliphatic rings. The maximum atomic E-state index is 14.5. The lowest BCUT2D eigenvalue weighted by molar-refractivity contribution is -0.145. The van der Waals surface area contributed by atoms with E-state index in [1.807, 2.05) is 35.6 Å². The maximum absolute atomic E-state index is 14.5. The van der Waals surface area contributed by atoms with Gasteiger partial charge in [-0.25, -0.2) is 4.79 Å². The lowest BCUT2D eigenvalue weighted by atomic mass is 10.0. The van der Waals surface area contributed by atoms with Crippen LogP contribution in [0, 0.1) is 0 Å². The van der Waals surface area contributed by atoms with Crippen molar-refractivity contribution in [3.8, 4) is 0 Å². The number of hydrogen-bond acceptors (Lipinski definition) is 21. The number of carboxylic acids is 1. The van der Waals surface area contributed by atoms with Gasteiger partial charge in [0.05, 0.1) is 31.0 Å². The van der Waals surface area contributed by atoms with Gasteiger partial charge in [0.1, 0.15) is 54.4 Å². The van der Waals surface area contributed by atoms with Gasteiger partial charge in [0.25, 0.3) is 0 Å². The molecule has 528 valence electrons. The summed E-state index contributed by atoms with van der Waals surface area (Å²) < 4.78 is 0. The molecule has 11 amide bonds. The largest absolute Gasteiger partial charge is 0.480 e. The summed E-state index contributed by atoms with van der Waals surface area (Å²) in [5.74, 6) is -13.3. The number of guanidine groups is 2. The van der Waals surface area contributed by atoms with Crippen molar-refractivity contribution >= 4 is 82.9 Å². The number of aliphatic hydroxyl groups is 4. The third-order valence-corrected chi connectivity index (χ3v) is 14.7. The number of aliphatic carboxylic acids is 1. The highest BCUT2D eigenvalue weighted by atomic mass is 16.4. The van der Waals surface area contributed by atoms with Crippen LogP contribution in [-0.4, -0.2) is 232 Å². The number of primary amides is 1. The molecule has 0 bridgehead atoms. The van der Waals surface area contributed by atoms with Gasteiger partial charge in [0.2, 0.25) is 65.0 Å². The first-order chi connectivity index (χ1) is 44.2. The number of aliphatic imine (C=N–C) groups is 2. The molecule has 0 spiro atoms. The molecular formula is C57H98N20O17. The van der Waals surface area contributed by atoms with Crippen LogP contribution in [0.5, 0.6) is 0 Å². The van der Waals surface area contributed by atoms with E-state index in [4.69, 9.17) is 40.1 Å². The minimum atomic E-state index is -1.91. The van der Waals surface area contributed by atoms with E-state index >= 15 is 0 Å². The molecule has 0 aromatic heterocycles. The molecule has 0 unspecified atom stereocenters. The van der Waals surface area contributed by atoms with Crippen molar-refractivity contribution in [3.63, 3.8) is 0 Å². The van der Waals surface area contributed by atoms with E-state index in [9.17, 15) is 83.1 Å². The Kier molecular flexibility index (Phi) is 36.0. The van der Waals surface area contributed by atoms with Crippen LogP contribution in [0.15, 0.2) is 40.3 Å². The normalized spacial score (nSPS) is 17.7. The highest BCUT2D eigenvalue weighted by Gasteiger charge is 2.40. The fraction of sp³-hybridized carbons (Fsp3) is 0.649. The Morgan fingerprint density at radius 3 is 1.32 bits per heavy atom. The third kappa shape index (κ3) is 29.8. The predicted octanol–water partition coefficient (Wildman–Crippen LogP) is -9.54. The first-order valence-corrected chi connectivity index (χ1v) is 30.8. The maximum Gasteiger partial charge on any atom is 0.328 e. The van der Waals surface area contributed by atoms with Crippen molar-refractivity contribution in [2.75, 3.05) is 32.8 Å². The molecule has 30 N–H and O–H groups in total. The number of rotatable bonds is 45. The summed E-state index contributed by atoms with van der Waals surface area (Å²) >= 11 is 0. The summed E-state index contributed by atoms with van der Waals surface area (Å²) in [5.41, 5.74) is 39.7. The standard InChI is InChI=1S/C57H98N20O17/c1-27(59)45(83)69-36(17-12-23-67-57(63)64)50(88)76-43(30(4)80)54(92)73-38(20-24-65-39-25-33(39)32-13-7-6-8-14-32)49(87)72-37(18-19-41(60)82)51(89)75-42(29(3)79)53(91)68-28(2)46(84)70-35(16-11-22-66-56(61)62)47(85)71-34(15-9-10-21-58)48(86)74-40(26-78)52(90)77-44(31(5)81)55(93)94/h6-8,13-14,27-31,33-40,42-44,65,78-81H,9-12,15-26,58-59H2,1-5H3,(H2,60,82)(H,68,91)(H,69,83)(H,70,84)(H,71,85)(H,72,87)(H,73,92)(H,74,86)(H,75,89)(H,76,88)(H,77,90)(H,93,94)(H4,61,62,66)(H4,63,64,67)/t27-,28-,29+,30+,31+,33+,34-,35-,36-,37-,38-,39-,40-,42-,43-,44-/m0/s1. The Morgan fingerprint density at radius 2 is 0.883 bits per heavy atom. The van der Waals surface area contributed by atoms with Gasteiger partial charge in [-0.2, -0.15) is 0 Å². The Labute approximate surface area is 543 Å². The van der Waals surface area contributed by atoms with Crippen molar-refractivity contribution in [3.05, 3.63) is 35.9 Å². The third-order valence-electron chi connectivity index (χ3n) is 14.7. The summed E-state index contributed by atoms with van der Waals surface area (Å²) in [6.45, 7) is 5.09. The summed E-state index contributed by atoms with van der Waals surface area (Å²) in [5, 5.41) is 78.1. The van der Waals surface area contributed by atoms with Crippen LogP contribution >= 0.6 is 0 Å². The van der Waals surface area contributed by atoms with Crippen LogP contribution in [-0.2, 0) is 57.5 Å².